The number of hydrogen-bond donors (Lipinski definition) is 2. The van der Waals surface area contributed by atoms with Crippen molar-refractivity contribution in [2.24, 2.45) is 11.7 Å². The highest BCUT2D eigenvalue weighted by Gasteiger charge is 2.35. The molecule has 1 aliphatic carbocycles. The predicted octanol–water partition coefficient (Wildman–Crippen LogP) is 2.55. The van der Waals surface area contributed by atoms with E-state index in [9.17, 15) is 9.59 Å². The first kappa shape index (κ1) is 16.1. The van der Waals surface area contributed by atoms with E-state index in [4.69, 9.17) is 15.6 Å². The summed E-state index contributed by atoms with van der Waals surface area (Å²) in [5.74, 6) is -0.393. The van der Waals surface area contributed by atoms with E-state index in [0.29, 0.717) is 18.8 Å². The Labute approximate surface area is 129 Å². The lowest BCUT2D eigenvalue weighted by Gasteiger charge is -2.18. The van der Waals surface area contributed by atoms with E-state index in [-0.39, 0.29) is 30.6 Å². The Balaban J connectivity index is 2.21. The van der Waals surface area contributed by atoms with Crippen molar-refractivity contribution in [3.05, 3.63) is 35.9 Å². The number of primary amides is 1. The molecule has 5 heteroatoms. The van der Waals surface area contributed by atoms with Gasteiger partial charge in [0.05, 0.1) is 6.61 Å². The average molecular weight is 303 g/mol. The number of carbonyl (C=O) groups excluding carboxylic acids is 1. The van der Waals surface area contributed by atoms with Crippen LogP contribution in [0, 0.1) is 5.92 Å². The minimum atomic E-state index is -0.838. The summed E-state index contributed by atoms with van der Waals surface area (Å²) in [5, 5.41) is 8.66. The molecular weight excluding hydrogens is 282 g/mol. The number of rotatable bonds is 7. The summed E-state index contributed by atoms with van der Waals surface area (Å²) in [6, 6.07) is 5.70. The lowest BCUT2D eigenvalue weighted by atomic mass is 9.89. The standard InChI is InChI=1S/C17H21NO4/c1-10-11(2)13(9-15(18)19)17-12(10)5-3-6-14(17)22-8-4-7-16(20)21/h3,5-6,11,13H,1,4,7-9H2,2H3,(H2,18,19)(H,20,21). The van der Waals surface area contributed by atoms with Crippen molar-refractivity contribution in [2.45, 2.75) is 32.1 Å². The van der Waals surface area contributed by atoms with E-state index in [0.717, 1.165) is 16.7 Å². The van der Waals surface area contributed by atoms with E-state index in [1.807, 2.05) is 25.1 Å². The number of allylic oxidation sites excluding steroid dienone is 1. The summed E-state index contributed by atoms with van der Waals surface area (Å²) in [6.07, 6.45) is 0.765. The van der Waals surface area contributed by atoms with Crippen LogP contribution in [-0.4, -0.2) is 23.6 Å². The van der Waals surface area contributed by atoms with Crippen molar-refractivity contribution in [1.82, 2.24) is 0 Å². The molecule has 0 bridgehead atoms. The first-order chi connectivity index (χ1) is 10.4. The zero-order valence-electron chi connectivity index (χ0n) is 12.7. The first-order valence-corrected chi connectivity index (χ1v) is 7.36. The third kappa shape index (κ3) is 3.30. The number of nitrogens with two attached hydrogens (primary N) is 1. The largest absolute Gasteiger partial charge is 0.493 e. The highest BCUT2D eigenvalue weighted by atomic mass is 16.5. The van der Waals surface area contributed by atoms with Crippen molar-refractivity contribution in [3.8, 4) is 5.75 Å². The number of benzene rings is 1. The predicted molar refractivity (Wildman–Crippen MR) is 83.6 cm³/mol. The molecule has 1 amide bonds. The van der Waals surface area contributed by atoms with Gasteiger partial charge in [-0.05, 0) is 29.5 Å². The zero-order chi connectivity index (χ0) is 16.3. The number of carbonyl (C=O) groups is 2. The molecule has 118 valence electrons. The molecule has 5 nitrogen and oxygen atoms in total. The van der Waals surface area contributed by atoms with Crippen molar-refractivity contribution in [1.29, 1.82) is 0 Å². The van der Waals surface area contributed by atoms with Crippen LogP contribution in [0.4, 0.5) is 0 Å². The smallest absolute Gasteiger partial charge is 0.303 e. The third-order valence-electron chi connectivity index (χ3n) is 4.15. The maximum absolute atomic E-state index is 11.4. The Kier molecular flexibility index (Phi) is 4.85. The number of amides is 1. The molecular formula is C17H21NO4. The van der Waals surface area contributed by atoms with Crippen LogP contribution >= 0.6 is 0 Å². The molecule has 2 rings (SSSR count). The maximum atomic E-state index is 11.4. The number of hydrogen-bond acceptors (Lipinski definition) is 3. The molecule has 0 aromatic heterocycles. The molecule has 2 atom stereocenters. The van der Waals surface area contributed by atoms with Crippen LogP contribution in [0.15, 0.2) is 24.8 Å². The van der Waals surface area contributed by atoms with E-state index < -0.39 is 5.97 Å². The quantitative estimate of drug-likeness (QED) is 0.757. The van der Waals surface area contributed by atoms with Gasteiger partial charge in [0.2, 0.25) is 5.91 Å². The first-order valence-electron chi connectivity index (χ1n) is 7.36. The summed E-state index contributed by atoms with van der Waals surface area (Å²) in [7, 11) is 0. The molecule has 1 aromatic rings. The number of ether oxygens (including phenoxy) is 1. The van der Waals surface area contributed by atoms with Crippen LogP contribution in [-0.2, 0) is 9.59 Å². The SMILES string of the molecule is C=C1c2cccc(OCCCC(=O)O)c2C(CC(N)=O)C1C. The topological polar surface area (TPSA) is 89.6 Å². The summed E-state index contributed by atoms with van der Waals surface area (Å²) in [6.45, 7) is 6.47. The minimum Gasteiger partial charge on any atom is -0.493 e. The third-order valence-corrected chi connectivity index (χ3v) is 4.15. The van der Waals surface area contributed by atoms with Gasteiger partial charge in [0.25, 0.3) is 0 Å². The molecule has 0 saturated carbocycles. The van der Waals surface area contributed by atoms with Gasteiger partial charge in [-0.3, -0.25) is 9.59 Å². The van der Waals surface area contributed by atoms with Gasteiger partial charge in [-0.15, -0.1) is 0 Å². The van der Waals surface area contributed by atoms with Crippen molar-refractivity contribution in [2.75, 3.05) is 6.61 Å². The van der Waals surface area contributed by atoms with E-state index >= 15 is 0 Å². The van der Waals surface area contributed by atoms with Gasteiger partial charge >= 0.3 is 5.97 Å². The molecule has 1 aliphatic rings. The van der Waals surface area contributed by atoms with Gasteiger partial charge in [-0.2, -0.15) is 0 Å². The average Bonchev–Trinajstić information content (AvgIpc) is 2.69. The Morgan fingerprint density at radius 3 is 2.77 bits per heavy atom. The number of carboxylic acids is 1. The summed E-state index contributed by atoms with van der Waals surface area (Å²) in [5.41, 5.74) is 8.33. The van der Waals surface area contributed by atoms with Crippen molar-refractivity contribution in [3.63, 3.8) is 0 Å². The Bertz CT molecular complexity index is 609. The molecule has 0 spiro atoms. The van der Waals surface area contributed by atoms with Gasteiger partial charge in [-0.1, -0.05) is 25.6 Å². The monoisotopic (exact) mass is 303 g/mol. The molecule has 0 heterocycles. The lowest BCUT2D eigenvalue weighted by molar-refractivity contribution is -0.137. The Morgan fingerprint density at radius 1 is 1.41 bits per heavy atom. The highest BCUT2D eigenvalue weighted by Crippen LogP contribution is 2.50. The van der Waals surface area contributed by atoms with Gasteiger partial charge in [0.15, 0.2) is 0 Å². The Morgan fingerprint density at radius 2 is 2.14 bits per heavy atom. The molecule has 0 aliphatic heterocycles. The minimum absolute atomic E-state index is 0.0318. The van der Waals surface area contributed by atoms with Gasteiger partial charge in [0.1, 0.15) is 5.75 Å². The van der Waals surface area contributed by atoms with E-state index in [2.05, 4.69) is 6.58 Å². The summed E-state index contributed by atoms with van der Waals surface area (Å²) in [4.78, 5) is 21.9. The molecule has 0 radical (unpaired) electrons. The van der Waals surface area contributed by atoms with Crippen LogP contribution in [0.3, 0.4) is 0 Å². The van der Waals surface area contributed by atoms with Crippen molar-refractivity contribution < 1.29 is 19.4 Å². The molecule has 22 heavy (non-hydrogen) atoms. The second kappa shape index (κ2) is 6.64. The fraction of sp³-hybridized carbons (Fsp3) is 0.412. The molecule has 1 aromatic carbocycles. The fourth-order valence-electron chi connectivity index (χ4n) is 2.97. The molecule has 3 N–H and O–H groups in total. The van der Waals surface area contributed by atoms with Crippen LogP contribution in [0.2, 0.25) is 0 Å². The summed E-state index contributed by atoms with van der Waals surface area (Å²) >= 11 is 0. The maximum Gasteiger partial charge on any atom is 0.303 e. The zero-order valence-corrected chi connectivity index (χ0v) is 12.7. The van der Waals surface area contributed by atoms with Gasteiger partial charge in [0, 0.05) is 24.3 Å². The number of aliphatic carboxylic acids is 1. The van der Waals surface area contributed by atoms with Crippen LogP contribution in [0.5, 0.6) is 5.75 Å². The molecule has 0 saturated heterocycles. The van der Waals surface area contributed by atoms with E-state index in [1.54, 1.807) is 0 Å². The second-order valence-corrected chi connectivity index (χ2v) is 5.65. The van der Waals surface area contributed by atoms with Gasteiger partial charge in [-0.25, -0.2) is 0 Å². The fourth-order valence-corrected chi connectivity index (χ4v) is 2.97. The number of carboxylic acid groups (broad SMARTS) is 1. The van der Waals surface area contributed by atoms with Crippen molar-refractivity contribution >= 4 is 17.4 Å². The van der Waals surface area contributed by atoms with Gasteiger partial charge < -0.3 is 15.6 Å². The van der Waals surface area contributed by atoms with Crippen LogP contribution in [0.1, 0.15) is 43.2 Å². The summed E-state index contributed by atoms with van der Waals surface area (Å²) < 4.78 is 5.75. The lowest BCUT2D eigenvalue weighted by Crippen LogP contribution is -2.17. The Hall–Kier alpha value is -2.30. The van der Waals surface area contributed by atoms with Crippen LogP contribution < -0.4 is 10.5 Å². The highest BCUT2D eigenvalue weighted by molar-refractivity contribution is 5.81. The number of fused-ring (bicyclic) bond motifs is 1. The normalized spacial score (nSPS) is 19.8. The molecule has 2 unspecified atom stereocenters. The molecule has 0 fully saturated rings. The van der Waals surface area contributed by atoms with Crippen LogP contribution in [0.25, 0.3) is 5.57 Å². The van der Waals surface area contributed by atoms with E-state index in [1.165, 1.54) is 0 Å². The second-order valence-electron chi connectivity index (χ2n) is 5.65.